The number of carbonyl (C=O) groups excluding carboxylic acids is 1. The van der Waals surface area contributed by atoms with E-state index in [2.05, 4.69) is 5.32 Å². The molecular formula is C18H17NO5. The highest BCUT2D eigenvalue weighted by Gasteiger charge is 2.28. The van der Waals surface area contributed by atoms with Gasteiger partial charge in [0.1, 0.15) is 17.1 Å². The van der Waals surface area contributed by atoms with Gasteiger partial charge in [-0.3, -0.25) is 4.79 Å². The van der Waals surface area contributed by atoms with E-state index < -0.39 is 12.1 Å². The lowest BCUT2D eigenvalue weighted by atomic mass is 10.1. The van der Waals surface area contributed by atoms with Crippen LogP contribution >= 0.6 is 0 Å². The maximum atomic E-state index is 12.3. The number of para-hydroxylation sites is 1. The second kappa shape index (κ2) is 6.62. The fourth-order valence-corrected chi connectivity index (χ4v) is 2.66. The van der Waals surface area contributed by atoms with Gasteiger partial charge in [0.25, 0.3) is 5.91 Å². The molecule has 124 valence electrons. The molecule has 0 radical (unpaired) electrons. The van der Waals surface area contributed by atoms with Crippen LogP contribution in [0.25, 0.3) is 0 Å². The van der Waals surface area contributed by atoms with Crippen molar-refractivity contribution in [1.82, 2.24) is 5.32 Å². The molecule has 1 heterocycles. The highest BCUT2D eigenvalue weighted by atomic mass is 16.5. The average molecular weight is 327 g/mol. The Morgan fingerprint density at radius 2 is 2.08 bits per heavy atom. The van der Waals surface area contributed by atoms with Crippen molar-refractivity contribution in [1.29, 1.82) is 0 Å². The normalized spacial score (nSPS) is 15.3. The smallest absolute Gasteiger partial charge is 0.339 e. The van der Waals surface area contributed by atoms with E-state index >= 15 is 0 Å². The number of aromatic carboxylic acids is 1. The fourth-order valence-electron chi connectivity index (χ4n) is 2.66. The van der Waals surface area contributed by atoms with Gasteiger partial charge in [0, 0.05) is 13.0 Å². The van der Waals surface area contributed by atoms with Crippen molar-refractivity contribution in [2.75, 3.05) is 7.11 Å². The van der Waals surface area contributed by atoms with Crippen molar-refractivity contribution in [2.45, 2.75) is 19.1 Å². The van der Waals surface area contributed by atoms with Gasteiger partial charge in [-0.15, -0.1) is 0 Å². The zero-order valence-electron chi connectivity index (χ0n) is 13.1. The number of carboxylic acids is 1. The molecule has 2 aromatic carbocycles. The second-order valence-corrected chi connectivity index (χ2v) is 5.48. The molecule has 0 aliphatic carbocycles. The Bertz CT molecular complexity index is 762. The summed E-state index contributed by atoms with van der Waals surface area (Å²) >= 11 is 0. The van der Waals surface area contributed by atoms with Crippen LogP contribution in [0.1, 0.15) is 21.5 Å². The third-order valence-corrected chi connectivity index (χ3v) is 3.90. The van der Waals surface area contributed by atoms with Crippen LogP contribution in [-0.2, 0) is 17.8 Å². The van der Waals surface area contributed by atoms with Gasteiger partial charge in [0.15, 0.2) is 6.10 Å². The summed E-state index contributed by atoms with van der Waals surface area (Å²) in [5, 5.41) is 12.0. The fraction of sp³-hybridized carbons (Fsp3) is 0.222. The minimum Gasteiger partial charge on any atom is -0.496 e. The summed E-state index contributed by atoms with van der Waals surface area (Å²) in [7, 11) is 1.42. The van der Waals surface area contributed by atoms with Gasteiger partial charge < -0.3 is 19.9 Å². The molecule has 1 unspecified atom stereocenters. The van der Waals surface area contributed by atoms with Crippen LogP contribution < -0.4 is 14.8 Å². The van der Waals surface area contributed by atoms with Gasteiger partial charge >= 0.3 is 5.97 Å². The number of fused-ring (bicyclic) bond motifs is 1. The van der Waals surface area contributed by atoms with E-state index in [0.717, 1.165) is 11.3 Å². The quantitative estimate of drug-likeness (QED) is 0.877. The Morgan fingerprint density at radius 1 is 1.29 bits per heavy atom. The number of nitrogens with one attached hydrogen (secondary N) is 1. The first-order valence-electron chi connectivity index (χ1n) is 7.51. The summed E-state index contributed by atoms with van der Waals surface area (Å²) in [4.78, 5) is 23.5. The zero-order chi connectivity index (χ0) is 17.1. The topological polar surface area (TPSA) is 84.9 Å². The monoisotopic (exact) mass is 327 g/mol. The third kappa shape index (κ3) is 3.17. The summed E-state index contributed by atoms with van der Waals surface area (Å²) in [6, 6.07) is 12.3. The van der Waals surface area contributed by atoms with Crippen molar-refractivity contribution >= 4 is 11.9 Å². The maximum Gasteiger partial charge on any atom is 0.339 e. The van der Waals surface area contributed by atoms with E-state index in [4.69, 9.17) is 9.47 Å². The highest BCUT2D eigenvalue weighted by molar-refractivity contribution is 5.91. The van der Waals surface area contributed by atoms with E-state index in [1.54, 1.807) is 12.1 Å². The molecule has 0 spiro atoms. The Labute approximate surface area is 139 Å². The summed E-state index contributed by atoms with van der Waals surface area (Å²) in [6.07, 6.45) is -0.0232. The lowest BCUT2D eigenvalue weighted by Crippen LogP contribution is -2.37. The SMILES string of the molecule is COc1ccc(CNC(=O)C2Cc3ccccc3O2)cc1C(=O)O. The van der Waals surface area contributed by atoms with Crippen LogP contribution in [0.3, 0.4) is 0 Å². The van der Waals surface area contributed by atoms with Gasteiger partial charge in [-0.25, -0.2) is 4.79 Å². The molecule has 2 aromatic rings. The number of hydrogen-bond acceptors (Lipinski definition) is 4. The molecule has 24 heavy (non-hydrogen) atoms. The number of carboxylic acid groups (broad SMARTS) is 1. The molecule has 1 aliphatic rings. The van der Waals surface area contributed by atoms with Crippen molar-refractivity contribution in [3.8, 4) is 11.5 Å². The first kappa shape index (κ1) is 15.9. The van der Waals surface area contributed by atoms with Gasteiger partial charge in [-0.1, -0.05) is 24.3 Å². The summed E-state index contributed by atoms with van der Waals surface area (Å²) in [5.74, 6) is -0.282. The molecule has 0 saturated heterocycles. The Balaban J connectivity index is 1.63. The molecule has 1 amide bonds. The molecule has 6 heteroatoms. The largest absolute Gasteiger partial charge is 0.496 e. The van der Waals surface area contributed by atoms with Crippen LogP contribution in [0.15, 0.2) is 42.5 Å². The van der Waals surface area contributed by atoms with Gasteiger partial charge in [0.05, 0.1) is 7.11 Å². The van der Waals surface area contributed by atoms with E-state index in [-0.39, 0.29) is 23.8 Å². The zero-order valence-corrected chi connectivity index (χ0v) is 13.1. The molecule has 2 N–H and O–H groups in total. The predicted molar refractivity (Wildman–Crippen MR) is 86.4 cm³/mol. The molecule has 3 rings (SSSR count). The van der Waals surface area contributed by atoms with Crippen molar-refractivity contribution < 1.29 is 24.2 Å². The van der Waals surface area contributed by atoms with Crippen LogP contribution in [-0.4, -0.2) is 30.2 Å². The number of rotatable bonds is 5. The lowest BCUT2D eigenvalue weighted by Gasteiger charge is -2.12. The van der Waals surface area contributed by atoms with E-state index in [9.17, 15) is 14.7 Å². The summed E-state index contributed by atoms with van der Waals surface area (Å²) in [6.45, 7) is 0.222. The predicted octanol–water partition coefficient (Wildman–Crippen LogP) is 2.01. The van der Waals surface area contributed by atoms with Crippen molar-refractivity contribution in [3.05, 3.63) is 59.2 Å². The van der Waals surface area contributed by atoms with E-state index in [1.807, 2.05) is 24.3 Å². The molecule has 0 fully saturated rings. The van der Waals surface area contributed by atoms with Crippen LogP contribution in [0.4, 0.5) is 0 Å². The number of hydrogen-bond donors (Lipinski definition) is 2. The van der Waals surface area contributed by atoms with Gasteiger partial charge in [-0.2, -0.15) is 0 Å². The molecular weight excluding hydrogens is 310 g/mol. The van der Waals surface area contributed by atoms with Crippen molar-refractivity contribution in [3.63, 3.8) is 0 Å². The lowest BCUT2D eigenvalue weighted by molar-refractivity contribution is -0.127. The molecule has 1 atom stereocenters. The average Bonchev–Trinajstić information content (AvgIpc) is 3.03. The van der Waals surface area contributed by atoms with E-state index in [0.29, 0.717) is 12.0 Å². The molecule has 1 aliphatic heterocycles. The Hall–Kier alpha value is -3.02. The maximum absolute atomic E-state index is 12.3. The van der Waals surface area contributed by atoms with Crippen molar-refractivity contribution in [2.24, 2.45) is 0 Å². The van der Waals surface area contributed by atoms with E-state index in [1.165, 1.54) is 13.2 Å². The molecule has 0 bridgehead atoms. The summed E-state index contributed by atoms with van der Waals surface area (Å²) in [5.41, 5.74) is 1.75. The van der Waals surface area contributed by atoms with Gasteiger partial charge in [-0.05, 0) is 29.3 Å². The molecule has 6 nitrogen and oxygen atoms in total. The Morgan fingerprint density at radius 3 is 2.79 bits per heavy atom. The first-order valence-corrected chi connectivity index (χ1v) is 7.51. The number of ether oxygens (including phenoxy) is 2. The number of carbonyl (C=O) groups is 2. The highest BCUT2D eigenvalue weighted by Crippen LogP contribution is 2.28. The Kier molecular flexibility index (Phi) is 4.37. The van der Waals surface area contributed by atoms with Crippen LogP contribution in [0.5, 0.6) is 11.5 Å². The van der Waals surface area contributed by atoms with Crippen LogP contribution in [0.2, 0.25) is 0 Å². The van der Waals surface area contributed by atoms with Crippen LogP contribution in [0, 0.1) is 0 Å². The minimum absolute atomic E-state index is 0.0637. The number of benzene rings is 2. The minimum atomic E-state index is -1.07. The standard InChI is InChI=1S/C18H17NO5/c1-23-15-7-6-11(8-13(15)18(21)22)10-19-17(20)16-9-12-4-2-3-5-14(12)24-16/h2-8,16H,9-10H2,1H3,(H,19,20)(H,21,22). The molecule has 0 saturated carbocycles. The first-order chi connectivity index (χ1) is 11.6. The van der Waals surface area contributed by atoms with Gasteiger partial charge in [0.2, 0.25) is 0 Å². The second-order valence-electron chi connectivity index (χ2n) is 5.48. The molecule has 0 aromatic heterocycles. The number of amides is 1. The number of methoxy groups -OCH3 is 1. The summed E-state index contributed by atoms with van der Waals surface area (Å²) < 4.78 is 10.6. The third-order valence-electron chi connectivity index (χ3n) is 3.90.